The zero-order valence-electron chi connectivity index (χ0n) is 25.0. The fraction of sp³-hybridized carbons (Fsp3) is 0.552. The normalized spacial score (nSPS) is 22.1. The molecule has 1 aliphatic heterocycles. The molecule has 2 aromatic heterocycles. The maximum absolute atomic E-state index is 13.2. The summed E-state index contributed by atoms with van der Waals surface area (Å²) >= 11 is 2.82. The van der Waals surface area contributed by atoms with E-state index in [9.17, 15) is 25.1 Å². The molecule has 2 aliphatic carbocycles. The van der Waals surface area contributed by atoms with Gasteiger partial charge in [-0.25, -0.2) is 0 Å². The highest BCUT2D eigenvalue weighted by molar-refractivity contribution is 7.15. The summed E-state index contributed by atoms with van der Waals surface area (Å²) in [7, 11) is 6.80. The third kappa shape index (κ3) is 5.45. The summed E-state index contributed by atoms with van der Waals surface area (Å²) in [5, 5.41) is 29.7. The average molecular weight is 624 g/mol. The van der Waals surface area contributed by atoms with E-state index in [-0.39, 0.29) is 48.2 Å². The zero-order valence-corrected chi connectivity index (χ0v) is 26.6. The molecule has 228 valence electrons. The lowest BCUT2D eigenvalue weighted by Gasteiger charge is -2.35. The van der Waals surface area contributed by atoms with Crippen molar-refractivity contribution in [1.82, 2.24) is 20.0 Å². The van der Waals surface area contributed by atoms with E-state index in [1.165, 1.54) is 32.5 Å². The second-order valence-corrected chi connectivity index (χ2v) is 14.3. The number of amidine groups is 1. The number of carbonyl (C=O) groups is 3. The summed E-state index contributed by atoms with van der Waals surface area (Å²) in [5.74, 6) is 5.45. The molecule has 3 amide bonds. The molecule has 1 saturated heterocycles. The van der Waals surface area contributed by atoms with Crippen LogP contribution in [0.25, 0.3) is 0 Å². The summed E-state index contributed by atoms with van der Waals surface area (Å²) in [5.41, 5.74) is 0.350. The molecule has 43 heavy (non-hydrogen) atoms. The number of nitriles is 1. The van der Waals surface area contributed by atoms with Gasteiger partial charge in [0.05, 0.1) is 27.8 Å². The Morgan fingerprint density at radius 3 is 2.16 bits per heavy atom. The molecule has 2 aromatic rings. The molecule has 0 bridgehead atoms. The molecular weight excluding hydrogens is 587 g/mol. The van der Waals surface area contributed by atoms with Gasteiger partial charge in [0.15, 0.2) is 5.84 Å². The Labute approximate surface area is 259 Å². The van der Waals surface area contributed by atoms with Crippen molar-refractivity contribution in [1.29, 1.82) is 10.7 Å². The van der Waals surface area contributed by atoms with Crippen molar-refractivity contribution in [3.63, 3.8) is 0 Å². The first-order valence-electron chi connectivity index (χ1n) is 14.3. The van der Waals surface area contributed by atoms with Gasteiger partial charge in [-0.3, -0.25) is 19.8 Å². The largest absolute Gasteiger partial charge is 0.344 e. The van der Waals surface area contributed by atoms with Gasteiger partial charge in [0.1, 0.15) is 6.04 Å². The van der Waals surface area contributed by atoms with Gasteiger partial charge in [-0.15, -0.1) is 27.8 Å². The number of piperidine rings is 1. The minimum Gasteiger partial charge on any atom is -0.344 e. The molecule has 4 atom stereocenters. The zero-order chi connectivity index (χ0) is 31.2. The van der Waals surface area contributed by atoms with Crippen molar-refractivity contribution in [3.05, 3.63) is 42.8 Å². The first-order valence-corrected chi connectivity index (χ1v) is 15.9. The Morgan fingerprint density at radius 1 is 1.12 bits per heavy atom. The molecule has 4 N–H and O–H groups in total. The summed E-state index contributed by atoms with van der Waals surface area (Å²) in [6.45, 7) is 1.99. The minimum absolute atomic E-state index is 0.0477. The predicted molar refractivity (Wildman–Crippen MR) is 164 cm³/mol. The first-order chi connectivity index (χ1) is 20.4. The van der Waals surface area contributed by atoms with Crippen LogP contribution in [0.4, 0.5) is 0 Å². The molecule has 2 fully saturated rings. The third-order valence-corrected chi connectivity index (χ3v) is 11.0. The Kier molecular flexibility index (Phi) is 8.43. The lowest BCUT2D eigenvalue weighted by molar-refractivity contribution is -0.131. The molecule has 3 heterocycles. The quantitative estimate of drug-likeness (QED) is 0.134. The van der Waals surface area contributed by atoms with Gasteiger partial charge in [0.25, 0.3) is 11.8 Å². The number of hydrogen-bond acceptors (Lipinski definition) is 9. The molecule has 0 spiro atoms. The number of rotatable bonds is 8. The van der Waals surface area contributed by atoms with Crippen LogP contribution in [0.5, 0.6) is 0 Å². The third-order valence-electron chi connectivity index (χ3n) is 8.67. The van der Waals surface area contributed by atoms with Crippen molar-refractivity contribution in [2.45, 2.75) is 62.6 Å². The lowest BCUT2D eigenvalue weighted by Crippen LogP contribution is -2.47. The Morgan fingerprint density at radius 2 is 1.67 bits per heavy atom. The second-order valence-electron chi connectivity index (χ2n) is 12.0. The fourth-order valence-corrected chi connectivity index (χ4v) is 9.02. The molecule has 12 nitrogen and oxygen atoms in total. The van der Waals surface area contributed by atoms with Crippen molar-refractivity contribution < 1.29 is 14.4 Å². The highest BCUT2D eigenvalue weighted by Crippen LogP contribution is 2.50. The topological polar surface area (TPSA) is 171 Å². The summed E-state index contributed by atoms with van der Waals surface area (Å²) < 4.78 is 0. The molecule has 5 rings (SSSR count). The number of carbonyl (C=O) groups excluding carboxylic acids is 3. The van der Waals surface area contributed by atoms with Crippen molar-refractivity contribution in [2.24, 2.45) is 22.1 Å². The Bertz CT molecular complexity index is 1470. The van der Waals surface area contributed by atoms with Gasteiger partial charge in [0, 0.05) is 50.0 Å². The van der Waals surface area contributed by atoms with E-state index >= 15 is 0 Å². The molecule has 3 aliphatic rings. The van der Waals surface area contributed by atoms with E-state index in [0.717, 1.165) is 33.7 Å². The van der Waals surface area contributed by atoms with Crippen LogP contribution in [0.15, 0.2) is 22.5 Å². The number of aryl methyl sites for hydroxylation is 2. The average Bonchev–Trinajstić information content (AvgIpc) is 3.29. The Balaban J connectivity index is 1.56. The summed E-state index contributed by atoms with van der Waals surface area (Å²) in [4.78, 5) is 47.2. The van der Waals surface area contributed by atoms with Crippen molar-refractivity contribution >= 4 is 46.2 Å². The number of hydrogen-bond donors (Lipinski definition) is 3. The van der Waals surface area contributed by atoms with E-state index in [2.05, 4.69) is 21.7 Å². The minimum atomic E-state index is -1.19. The Hall–Kier alpha value is -3.67. The fourth-order valence-electron chi connectivity index (χ4n) is 6.50. The SMILES string of the molecule is C[C@H](CC1(C(=N)/N=N\N)c2cc(C(=O)N(C)C)sc2CCc2sc(C(=O)N(C)C)cc21)NCC(=O)N1C(C#N)C[C@@H]2C[C@@H]21. The number of amides is 3. The number of nitrogens with zero attached hydrogens (tertiary/aromatic N) is 6. The summed E-state index contributed by atoms with van der Waals surface area (Å²) in [6, 6.07) is 5.41. The van der Waals surface area contributed by atoms with Crippen LogP contribution in [0.2, 0.25) is 0 Å². The maximum Gasteiger partial charge on any atom is 0.263 e. The molecule has 0 aromatic carbocycles. The lowest BCUT2D eigenvalue weighted by atomic mass is 9.70. The number of nitrogens with two attached hydrogens (primary N) is 1. The highest BCUT2D eigenvalue weighted by Gasteiger charge is 2.54. The number of likely N-dealkylation sites (tertiary alicyclic amines) is 1. The van der Waals surface area contributed by atoms with Gasteiger partial charge in [-0.1, -0.05) is 5.22 Å². The smallest absolute Gasteiger partial charge is 0.263 e. The van der Waals surface area contributed by atoms with Crippen LogP contribution in [0.3, 0.4) is 0 Å². The maximum atomic E-state index is 13.2. The number of nitrogens with one attached hydrogen (secondary N) is 2. The van der Waals surface area contributed by atoms with Gasteiger partial charge in [-0.05, 0) is 68.2 Å². The van der Waals surface area contributed by atoms with Gasteiger partial charge >= 0.3 is 0 Å². The van der Waals surface area contributed by atoms with E-state index < -0.39 is 5.41 Å². The van der Waals surface area contributed by atoms with Gasteiger partial charge < -0.3 is 25.9 Å². The highest BCUT2D eigenvalue weighted by atomic mass is 32.1. The molecule has 0 radical (unpaired) electrons. The summed E-state index contributed by atoms with van der Waals surface area (Å²) in [6.07, 6.45) is 3.24. The van der Waals surface area contributed by atoms with Crippen LogP contribution in [-0.2, 0) is 23.1 Å². The molecule has 1 unspecified atom stereocenters. The van der Waals surface area contributed by atoms with Gasteiger partial charge in [-0.2, -0.15) is 5.26 Å². The molecule has 1 saturated carbocycles. The van der Waals surface area contributed by atoms with E-state index in [4.69, 9.17) is 5.84 Å². The van der Waals surface area contributed by atoms with E-state index in [1.54, 1.807) is 33.1 Å². The van der Waals surface area contributed by atoms with Crippen LogP contribution in [-0.4, -0.2) is 91.1 Å². The van der Waals surface area contributed by atoms with Crippen molar-refractivity contribution in [3.8, 4) is 6.07 Å². The van der Waals surface area contributed by atoms with Crippen LogP contribution < -0.4 is 11.2 Å². The standard InChI is InChI=1S/C29H37N9O3S2/c1-15(33-14-25(39)38-17(13-30)8-16-9-20(16)38)12-29(28(31)34-35-32)18-10-23(26(40)36(2)3)42-21(18)6-7-22-19(29)11-24(43-22)27(41)37(4)5/h10-11,15-17,20,33H,6-9,12,14H2,1-5H3,(H3,31,32,34)/t15-,16-,17?,20+/m1/s1. The molecule has 14 heteroatoms. The monoisotopic (exact) mass is 623 g/mol. The van der Waals surface area contributed by atoms with E-state index in [1.807, 2.05) is 19.1 Å². The predicted octanol–water partition coefficient (Wildman–Crippen LogP) is 2.78. The van der Waals surface area contributed by atoms with Crippen molar-refractivity contribution in [2.75, 3.05) is 34.7 Å². The van der Waals surface area contributed by atoms with Crippen LogP contribution in [0, 0.1) is 22.7 Å². The van der Waals surface area contributed by atoms with Gasteiger partial charge in [0.2, 0.25) is 5.91 Å². The first kappa shape index (κ1) is 30.8. The number of thiophene rings is 2. The number of fused-ring (bicyclic) bond motifs is 3. The van der Waals surface area contributed by atoms with Crippen LogP contribution >= 0.6 is 22.7 Å². The van der Waals surface area contributed by atoms with Crippen LogP contribution in [0.1, 0.15) is 66.4 Å². The van der Waals surface area contributed by atoms with E-state index in [0.29, 0.717) is 34.9 Å². The molecular formula is C29H37N9O3S2. The second kappa shape index (κ2) is 11.8.